The van der Waals surface area contributed by atoms with Gasteiger partial charge in [0, 0.05) is 12.0 Å². The number of hydrogen-bond acceptors (Lipinski definition) is 4. The molecule has 3 aromatic carbocycles. The lowest BCUT2D eigenvalue weighted by Crippen LogP contribution is -2.37. The number of benzene rings is 3. The molecule has 1 N–H and O–H groups in total. The Morgan fingerprint density at radius 1 is 0.900 bits per heavy atom. The highest BCUT2D eigenvalue weighted by molar-refractivity contribution is 5.76. The second kappa shape index (κ2) is 13.3. The maximum absolute atomic E-state index is 13.0. The highest BCUT2D eigenvalue weighted by Gasteiger charge is 2.30. The number of carboxylic acids is 1. The number of ether oxygens (including phenoxy) is 1. The normalized spacial score (nSPS) is 11.5. The second-order valence-electron chi connectivity index (χ2n) is 9.80. The van der Waals surface area contributed by atoms with E-state index < -0.39 is 23.3 Å². The smallest absolute Gasteiger partial charge is 0.416 e. The van der Waals surface area contributed by atoms with E-state index in [1.54, 1.807) is 16.8 Å². The standard InChI is InChI=1S/C28H26F3N3O3.C3H8/c1-27(2,26(35)36)37-23-17-11-19(12-18-23)7-6-10-24-32-25(33-34(24)22-8-4-3-5-9-22)20-13-15-21(16-14-20)28(29,30)31;1-3-2/h3-5,8-9,11-18H,6-7,10H2,1-2H3,(H,35,36);3H2,1-2H3. The minimum atomic E-state index is -4.41. The molecule has 0 saturated heterocycles. The Bertz CT molecular complexity index is 1370. The zero-order chi connectivity index (χ0) is 29.3. The summed E-state index contributed by atoms with van der Waals surface area (Å²) in [6, 6.07) is 21.5. The monoisotopic (exact) mass is 553 g/mol. The fourth-order valence-corrected chi connectivity index (χ4v) is 3.73. The van der Waals surface area contributed by atoms with Crippen LogP contribution in [0.3, 0.4) is 0 Å². The van der Waals surface area contributed by atoms with E-state index in [4.69, 9.17) is 4.74 Å². The first-order valence-corrected chi connectivity index (χ1v) is 13.1. The largest absolute Gasteiger partial charge is 0.478 e. The number of carbonyl (C=O) groups is 1. The van der Waals surface area contributed by atoms with Gasteiger partial charge in [-0.1, -0.05) is 62.7 Å². The predicted molar refractivity (Wildman–Crippen MR) is 149 cm³/mol. The fourth-order valence-electron chi connectivity index (χ4n) is 3.73. The molecule has 4 aromatic rings. The van der Waals surface area contributed by atoms with Crippen molar-refractivity contribution in [3.05, 3.63) is 95.8 Å². The van der Waals surface area contributed by atoms with Crippen molar-refractivity contribution < 1.29 is 27.8 Å². The van der Waals surface area contributed by atoms with E-state index in [1.165, 1.54) is 32.4 Å². The Morgan fingerprint density at radius 2 is 1.50 bits per heavy atom. The van der Waals surface area contributed by atoms with E-state index in [9.17, 15) is 23.1 Å². The van der Waals surface area contributed by atoms with Gasteiger partial charge in [0.2, 0.25) is 0 Å². The molecule has 0 atom stereocenters. The SMILES string of the molecule is CC(C)(Oc1ccc(CCCc2nc(-c3ccc(C(F)(F)F)cc3)nn2-c2ccccc2)cc1)C(=O)O.CCC. The molecule has 9 heteroatoms. The number of rotatable bonds is 9. The summed E-state index contributed by atoms with van der Waals surface area (Å²) in [5, 5.41) is 13.8. The van der Waals surface area contributed by atoms with Gasteiger partial charge in [0.25, 0.3) is 0 Å². The van der Waals surface area contributed by atoms with Crippen LogP contribution in [-0.4, -0.2) is 31.4 Å². The van der Waals surface area contributed by atoms with Crippen LogP contribution in [0.15, 0.2) is 78.9 Å². The van der Waals surface area contributed by atoms with Crippen LogP contribution < -0.4 is 4.74 Å². The Morgan fingerprint density at radius 3 is 2.05 bits per heavy atom. The molecule has 4 rings (SSSR count). The van der Waals surface area contributed by atoms with Gasteiger partial charge in [-0.15, -0.1) is 5.10 Å². The minimum Gasteiger partial charge on any atom is -0.478 e. The van der Waals surface area contributed by atoms with E-state index in [0.29, 0.717) is 29.4 Å². The van der Waals surface area contributed by atoms with E-state index in [0.717, 1.165) is 36.2 Å². The Balaban J connectivity index is 0.00000141. The maximum Gasteiger partial charge on any atom is 0.416 e. The van der Waals surface area contributed by atoms with Gasteiger partial charge in [0.05, 0.1) is 11.3 Å². The lowest BCUT2D eigenvalue weighted by Gasteiger charge is -2.21. The van der Waals surface area contributed by atoms with Crippen LogP contribution in [0.1, 0.15) is 57.5 Å². The third-order valence-electron chi connectivity index (χ3n) is 5.82. The van der Waals surface area contributed by atoms with Crippen LogP contribution >= 0.6 is 0 Å². The van der Waals surface area contributed by atoms with Gasteiger partial charge in [-0.25, -0.2) is 14.5 Å². The number of aromatic nitrogens is 3. The molecule has 0 bridgehead atoms. The van der Waals surface area contributed by atoms with Gasteiger partial charge in [0.15, 0.2) is 11.4 Å². The van der Waals surface area contributed by atoms with Crippen molar-refractivity contribution in [2.45, 2.75) is 65.2 Å². The number of aliphatic carboxylic acids is 1. The van der Waals surface area contributed by atoms with Crippen LogP contribution in [-0.2, 0) is 23.8 Å². The van der Waals surface area contributed by atoms with Crippen molar-refractivity contribution in [2.24, 2.45) is 0 Å². The van der Waals surface area contributed by atoms with Crippen molar-refractivity contribution in [1.82, 2.24) is 14.8 Å². The summed E-state index contributed by atoms with van der Waals surface area (Å²) in [6.07, 6.45) is -1.08. The summed E-state index contributed by atoms with van der Waals surface area (Å²) in [5.41, 5.74) is 0.319. The molecule has 0 aliphatic rings. The molecule has 0 amide bonds. The van der Waals surface area contributed by atoms with Gasteiger partial charge < -0.3 is 9.84 Å². The van der Waals surface area contributed by atoms with E-state index >= 15 is 0 Å². The average molecular weight is 554 g/mol. The molecule has 0 unspecified atom stereocenters. The molecule has 1 heterocycles. The summed E-state index contributed by atoms with van der Waals surface area (Å²) in [5.74, 6) is 0.482. The van der Waals surface area contributed by atoms with Crippen molar-refractivity contribution in [3.8, 4) is 22.8 Å². The molecule has 0 aliphatic heterocycles. The molecule has 0 saturated carbocycles. The van der Waals surface area contributed by atoms with Gasteiger partial charge in [-0.2, -0.15) is 13.2 Å². The van der Waals surface area contributed by atoms with Gasteiger partial charge in [-0.05, 0) is 68.7 Å². The highest BCUT2D eigenvalue weighted by Crippen LogP contribution is 2.30. The summed E-state index contributed by atoms with van der Waals surface area (Å²) in [6.45, 7) is 7.23. The molecule has 0 spiro atoms. The van der Waals surface area contributed by atoms with Crippen LogP contribution in [0.2, 0.25) is 0 Å². The Labute approximate surface area is 232 Å². The van der Waals surface area contributed by atoms with Crippen molar-refractivity contribution in [2.75, 3.05) is 0 Å². The van der Waals surface area contributed by atoms with Crippen LogP contribution in [0.5, 0.6) is 5.75 Å². The van der Waals surface area contributed by atoms with Crippen LogP contribution in [0, 0.1) is 0 Å². The lowest BCUT2D eigenvalue weighted by atomic mass is 10.1. The molecule has 212 valence electrons. The summed E-state index contributed by atoms with van der Waals surface area (Å²) in [4.78, 5) is 15.9. The van der Waals surface area contributed by atoms with Gasteiger partial charge in [0.1, 0.15) is 11.6 Å². The van der Waals surface area contributed by atoms with Crippen molar-refractivity contribution >= 4 is 5.97 Å². The van der Waals surface area contributed by atoms with Crippen molar-refractivity contribution in [1.29, 1.82) is 0 Å². The van der Waals surface area contributed by atoms with Crippen molar-refractivity contribution in [3.63, 3.8) is 0 Å². The first kappa shape index (κ1) is 30.4. The Kier molecular flexibility index (Phi) is 10.1. The molecule has 0 radical (unpaired) electrons. The summed E-state index contributed by atoms with van der Waals surface area (Å²) >= 11 is 0. The summed E-state index contributed by atoms with van der Waals surface area (Å²) in [7, 11) is 0. The second-order valence-corrected chi connectivity index (χ2v) is 9.80. The third kappa shape index (κ3) is 8.18. The van der Waals surface area contributed by atoms with E-state index in [-0.39, 0.29) is 0 Å². The molecule has 1 aromatic heterocycles. The summed E-state index contributed by atoms with van der Waals surface area (Å²) < 4.78 is 46.1. The van der Waals surface area contributed by atoms with Gasteiger partial charge in [-0.3, -0.25) is 0 Å². The lowest BCUT2D eigenvalue weighted by molar-refractivity contribution is -0.152. The van der Waals surface area contributed by atoms with E-state index in [1.807, 2.05) is 42.5 Å². The number of alkyl halides is 3. The number of aryl methyl sites for hydroxylation is 2. The number of para-hydroxylation sites is 1. The van der Waals surface area contributed by atoms with Crippen LogP contribution in [0.4, 0.5) is 13.2 Å². The first-order chi connectivity index (χ1) is 18.9. The highest BCUT2D eigenvalue weighted by atomic mass is 19.4. The minimum absolute atomic E-state index is 0.357. The van der Waals surface area contributed by atoms with Gasteiger partial charge >= 0.3 is 12.1 Å². The fraction of sp³-hybridized carbons (Fsp3) is 0.323. The molecular formula is C31H34F3N3O3. The van der Waals surface area contributed by atoms with Crippen LogP contribution in [0.25, 0.3) is 17.1 Å². The quantitative estimate of drug-likeness (QED) is 0.229. The molecule has 6 nitrogen and oxygen atoms in total. The Hall–Kier alpha value is -4.14. The number of hydrogen-bond donors (Lipinski definition) is 1. The molecule has 0 aliphatic carbocycles. The molecule has 0 fully saturated rings. The maximum atomic E-state index is 13.0. The number of nitrogens with zero attached hydrogens (tertiary/aromatic N) is 3. The first-order valence-electron chi connectivity index (χ1n) is 13.1. The number of halogens is 3. The molecular weight excluding hydrogens is 519 g/mol. The third-order valence-corrected chi connectivity index (χ3v) is 5.82. The zero-order valence-electron chi connectivity index (χ0n) is 23.1. The predicted octanol–water partition coefficient (Wildman–Crippen LogP) is 7.79. The number of carboxylic acid groups (broad SMARTS) is 1. The zero-order valence-corrected chi connectivity index (χ0v) is 23.1. The molecule has 40 heavy (non-hydrogen) atoms. The topological polar surface area (TPSA) is 77.2 Å². The van der Waals surface area contributed by atoms with E-state index in [2.05, 4.69) is 23.9 Å². The average Bonchev–Trinajstić information content (AvgIpc) is 3.34.